The molecule has 1 aliphatic heterocycles. The van der Waals surface area contributed by atoms with Crippen LogP contribution in [0.2, 0.25) is 0 Å². The van der Waals surface area contributed by atoms with Crippen LogP contribution in [0.5, 0.6) is 0 Å². The van der Waals surface area contributed by atoms with Gasteiger partial charge in [-0.05, 0) is 37.4 Å². The van der Waals surface area contributed by atoms with E-state index < -0.39 is 11.5 Å². The second-order valence-electron chi connectivity index (χ2n) is 6.99. The summed E-state index contributed by atoms with van der Waals surface area (Å²) in [7, 11) is 0. The van der Waals surface area contributed by atoms with Gasteiger partial charge >= 0.3 is 0 Å². The molecule has 134 valence electrons. The Morgan fingerprint density at radius 2 is 2.08 bits per heavy atom. The van der Waals surface area contributed by atoms with E-state index in [2.05, 4.69) is 22.1 Å². The Morgan fingerprint density at radius 3 is 2.84 bits per heavy atom. The fourth-order valence-electron chi connectivity index (χ4n) is 3.54. The van der Waals surface area contributed by atoms with Crippen molar-refractivity contribution >= 4 is 5.91 Å². The first-order valence-electron chi connectivity index (χ1n) is 8.82. The molecule has 1 aromatic carbocycles. The van der Waals surface area contributed by atoms with E-state index in [4.69, 9.17) is 5.73 Å². The second kappa shape index (κ2) is 7.80. The Balaban J connectivity index is 1.53. The van der Waals surface area contributed by atoms with Crippen molar-refractivity contribution in [3.8, 4) is 0 Å². The van der Waals surface area contributed by atoms with Crippen molar-refractivity contribution in [2.45, 2.75) is 44.4 Å². The molecule has 3 N–H and O–H groups in total. The van der Waals surface area contributed by atoms with E-state index in [1.165, 1.54) is 5.56 Å². The maximum Gasteiger partial charge on any atom is 0.220 e. The van der Waals surface area contributed by atoms with Crippen molar-refractivity contribution in [2.24, 2.45) is 5.73 Å². The third kappa shape index (κ3) is 5.14. The summed E-state index contributed by atoms with van der Waals surface area (Å²) in [5.41, 5.74) is 6.54. The zero-order valence-corrected chi connectivity index (χ0v) is 14.5. The number of carbonyl (C=O) groups excluding carboxylic acids is 1. The molecule has 1 saturated heterocycles. The maximum absolute atomic E-state index is 11.2. The van der Waals surface area contributed by atoms with Crippen molar-refractivity contribution in [1.82, 2.24) is 14.7 Å². The summed E-state index contributed by atoms with van der Waals surface area (Å²) in [5, 5.41) is 15.2. The molecular formula is C19H26N4O2. The third-order valence-electron chi connectivity index (χ3n) is 4.69. The van der Waals surface area contributed by atoms with Crippen LogP contribution in [0.25, 0.3) is 0 Å². The highest BCUT2D eigenvalue weighted by atomic mass is 16.3. The Labute approximate surface area is 148 Å². The summed E-state index contributed by atoms with van der Waals surface area (Å²) < 4.78 is 1.96. The number of amides is 1. The number of carbonyl (C=O) groups is 1. The lowest BCUT2D eigenvalue weighted by molar-refractivity contribution is -0.125. The van der Waals surface area contributed by atoms with Gasteiger partial charge in [-0.15, -0.1) is 0 Å². The van der Waals surface area contributed by atoms with Gasteiger partial charge in [0, 0.05) is 25.8 Å². The number of nitrogens with zero attached hydrogens (tertiary/aromatic N) is 3. The van der Waals surface area contributed by atoms with Crippen molar-refractivity contribution in [3.05, 3.63) is 53.9 Å². The first-order valence-corrected chi connectivity index (χ1v) is 8.82. The summed E-state index contributed by atoms with van der Waals surface area (Å²) in [6, 6.07) is 12.4. The molecule has 6 nitrogen and oxygen atoms in total. The average Bonchev–Trinajstić information content (AvgIpc) is 3.00. The number of likely N-dealkylation sites (tertiary alicyclic amines) is 1. The maximum atomic E-state index is 11.2. The second-order valence-corrected chi connectivity index (χ2v) is 6.99. The van der Waals surface area contributed by atoms with E-state index in [-0.39, 0.29) is 6.42 Å². The minimum Gasteiger partial charge on any atom is -0.388 e. The van der Waals surface area contributed by atoms with Gasteiger partial charge in [0.15, 0.2) is 0 Å². The smallest absolute Gasteiger partial charge is 0.220 e. The lowest BCUT2D eigenvalue weighted by Gasteiger charge is -2.38. The molecule has 2 heterocycles. The topological polar surface area (TPSA) is 84.4 Å². The molecule has 1 unspecified atom stereocenters. The Morgan fingerprint density at radius 1 is 1.28 bits per heavy atom. The summed E-state index contributed by atoms with van der Waals surface area (Å²) in [4.78, 5) is 13.3. The SMILES string of the molecule is NC(=O)CC1(O)CCCN(Cc2ccn(CCc3ccccc3)n2)C1. The minimum atomic E-state index is -1.00. The molecule has 1 aliphatic rings. The van der Waals surface area contributed by atoms with E-state index in [1.807, 2.05) is 35.1 Å². The molecule has 0 spiro atoms. The highest BCUT2D eigenvalue weighted by Gasteiger charge is 2.34. The van der Waals surface area contributed by atoms with Crippen LogP contribution in [0.1, 0.15) is 30.5 Å². The zero-order valence-electron chi connectivity index (χ0n) is 14.5. The third-order valence-corrected chi connectivity index (χ3v) is 4.69. The Bertz CT molecular complexity index is 700. The fourth-order valence-corrected chi connectivity index (χ4v) is 3.54. The van der Waals surface area contributed by atoms with Gasteiger partial charge in [-0.25, -0.2) is 0 Å². The monoisotopic (exact) mass is 342 g/mol. The molecule has 3 rings (SSSR count). The predicted molar refractivity (Wildman–Crippen MR) is 95.6 cm³/mol. The van der Waals surface area contributed by atoms with Crippen molar-refractivity contribution < 1.29 is 9.90 Å². The number of aromatic nitrogens is 2. The van der Waals surface area contributed by atoms with Crippen molar-refractivity contribution in [2.75, 3.05) is 13.1 Å². The molecule has 6 heteroatoms. The number of hydrogen-bond donors (Lipinski definition) is 2. The number of rotatable bonds is 7. The van der Waals surface area contributed by atoms with Crippen LogP contribution in [0.4, 0.5) is 0 Å². The minimum absolute atomic E-state index is 0.0228. The van der Waals surface area contributed by atoms with Gasteiger partial charge in [0.25, 0.3) is 0 Å². The molecule has 1 amide bonds. The number of benzene rings is 1. The van der Waals surface area contributed by atoms with Crippen LogP contribution in [0, 0.1) is 0 Å². The molecule has 0 bridgehead atoms. The normalized spacial score (nSPS) is 21.3. The highest BCUT2D eigenvalue weighted by molar-refractivity contribution is 5.75. The Kier molecular flexibility index (Phi) is 5.50. The van der Waals surface area contributed by atoms with E-state index in [1.54, 1.807) is 0 Å². The number of piperidine rings is 1. The molecular weight excluding hydrogens is 316 g/mol. The number of aryl methyl sites for hydroxylation is 2. The molecule has 0 saturated carbocycles. The molecule has 25 heavy (non-hydrogen) atoms. The van der Waals surface area contributed by atoms with Crippen LogP contribution in [-0.2, 0) is 24.3 Å². The molecule has 1 atom stereocenters. The van der Waals surface area contributed by atoms with E-state index in [9.17, 15) is 9.90 Å². The molecule has 1 aromatic heterocycles. The predicted octanol–water partition coefficient (Wildman–Crippen LogP) is 1.33. The van der Waals surface area contributed by atoms with Gasteiger partial charge in [-0.1, -0.05) is 30.3 Å². The summed E-state index contributed by atoms with van der Waals surface area (Å²) in [5.74, 6) is -0.450. The standard InChI is InChI=1S/C19H26N4O2/c20-18(24)13-19(25)9-4-10-22(15-19)14-17-8-12-23(21-17)11-7-16-5-2-1-3-6-16/h1-3,5-6,8,12,25H,4,7,9-11,13-15H2,(H2,20,24). The van der Waals surface area contributed by atoms with Crippen LogP contribution >= 0.6 is 0 Å². The quantitative estimate of drug-likeness (QED) is 0.795. The van der Waals surface area contributed by atoms with Crippen LogP contribution in [-0.4, -0.2) is 44.4 Å². The van der Waals surface area contributed by atoms with Crippen LogP contribution in [0.15, 0.2) is 42.6 Å². The molecule has 1 fully saturated rings. The number of aliphatic hydroxyl groups is 1. The van der Waals surface area contributed by atoms with Gasteiger partial charge in [-0.2, -0.15) is 5.10 Å². The van der Waals surface area contributed by atoms with Gasteiger partial charge < -0.3 is 10.8 Å². The summed E-state index contributed by atoms with van der Waals surface area (Å²) in [6.07, 6.45) is 4.45. The van der Waals surface area contributed by atoms with Gasteiger partial charge in [0.2, 0.25) is 5.91 Å². The molecule has 2 aromatic rings. The van der Waals surface area contributed by atoms with Gasteiger partial charge in [0.05, 0.1) is 17.7 Å². The Hall–Kier alpha value is -2.18. The summed E-state index contributed by atoms with van der Waals surface area (Å²) >= 11 is 0. The number of β-amino-alcohol motifs (C(OH)–C–C–N with tert-alkyl or cyclic N) is 1. The van der Waals surface area contributed by atoms with E-state index in [0.717, 1.165) is 31.6 Å². The van der Waals surface area contributed by atoms with E-state index in [0.29, 0.717) is 19.5 Å². The van der Waals surface area contributed by atoms with E-state index >= 15 is 0 Å². The fraction of sp³-hybridized carbons (Fsp3) is 0.474. The first kappa shape index (κ1) is 17.6. The summed E-state index contributed by atoms with van der Waals surface area (Å²) in [6.45, 7) is 2.89. The van der Waals surface area contributed by atoms with Crippen molar-refractivity contribution in [3.63, 3.8) is 0 Å². The first-order chi connectivity index (χ1) is 12.0. The van der Waals surface area contributed by atoms with Crippen molar-refractivity contribution in [1.29, 1.82) is 0 Å². The lowest BCUT2D eigenvalue weighted by atomic mass is 9.89. The van der Waals surface area contributed by atoms with Crippen LogP contribution < -0.4 is 5.73 Å². The van der Waals surface area contributed by atoms with Crippen LogP contribution in [0.3, 0.4) is 0 Å². The van der Waals surface area contributed by atoms with Gasteiger partial charge in [-0.3, -0.25) is 14.4 Å². The molecule has 0 aliphatic carbocycles. The number of nitrogens with two attached hydrogens (primary N) is 1. The number of primary amides is 1. The average molecular weight is 342 g/mol. The number of hydrogen-bond acceptors (Lipinski definition) is 4. The largest absolute Gasteiger partial charge is 0.388 e. The lowest BCUT2D eigenvalue weighted by Crippen LogP contribution is -2.49. The molecule has 0 radical (unpaired) electrons. The highest BCUT2D eigenvalue weighted by Crippen LogP contribution is 2.25. The zero-order chi connectivity index (χ0) is 17.7. The van der Waals surface area contributed by atoms with Gasteiger partial charge in [0.1, 0.15) is 0 Å².